The van der Waals surface area contributed by atoms with Crippen LogP contribution in [0.25, 0.3) is 0 Å². The van der Waals surface area contributed by atoms with Gasteiger partial charge in [0.25, 0.3) is 0 Å². The number of amides is 2. The molecule has 0 aliphatic carbocycles. The molecule has 1 atom stereocenters. The highest BCUT2D eigenvalue weighted by atomic mass is 127. The van der Waals surface area contributed by atoms with Gasteiger partial charge < -0.3 is 20.0 Å². The second-order valence-electron chi connectivity index (χ2n) is 8.94. The predicted octanol–water partition coefficient (Wildman–Crippen LogP) is 1.44. The van der Waals surface area contributed by atoms with Crippen LogP contribution in [0.2, 0.25) is 0 Å². The van der Waals surface area contributed by atoms with Gasteiger partial charge in [-0.05, 0) is 78.6 Å². The zero-order valence-electron chi connectivity index (χ0n) is 20.4. The van der Waals surface area contributed by atoms with E-state index in [0.29, 0.717) is 0 Å². The van der Waals surface area contributed by atoms with Crippen molar-refractivity contribution in [3.8, 4) is 0 Å². The molecule has 3 rings (SSSR count). The number of benzene rings is 2. The summed E-state index contributed by atoms with van der Waals surface area (Å²) in [5.74, 6) is -0.573. The summed E-state index contributed by atoms with van der Waals surface area (Å²) in [4.78, 5) is 31.4. The molecular weight excluding hydrogens is 581 g/mol. The molecule has 0 bridgehead atoms. The number of nitrogens with one attached hydrogen (secondary N) is 1. The zero-order chi connectivity index (χ0) is 25.8. The fraction of sp³-hybridized carbons (Fsp3) is 0.417. The Morgan fingerprint density at radius 2 is 1.63 bits per heavy atom. The van der Waals surface area contributed by atoms with E-state index in [4.69, 9.17) is 0 Å². The second-order valence-corrected chi connectivity index (χ2v) is 12.1. The highest BCUT2D eigenvalue weighted by Gasteiger charge is 2.41. The lowest BCUT2D eigenvalue weighted by Gasteiger charge is -2.40. The maximum atomic E-state index is 13.5. The average molecular weight is 614 g/mol. The molecule has 1 N–H and O–H groups in total. The van der Waals surface area contributed by atoms with Gasteiger partial charge in [0.05, 0.1) is 11.4 Å². The fourth-order valence-corrected chi connectivity index (χ4v) is 5.76. The Morgan fingerprint density at radius 3 is 2.20 bits per heavy atom. The Balaban J connectivity index is 1.82. The van der Waals surface area contributed by atoms with E-state index in [-0.39, 0.29) is 43.5 Å². The zero-order valence-corrected chi connectivity index (χ0v) is 23.4. The molecule has 9 nitrogen and oxygen atoms in total. The molecule has 1 unspecified atom stereocenters. The molecule has 1 aliphatic heterocycles. The lowest BCUT2D eigenvalue weighted by atomic mass is 10.1. The van der Waals surface area contributed by atoms with E-state index >= 15 is 0 Å². The van der Waals surface area contributed by atoms with Gasteiger partial charge in [-0.3, -0.25) is 9.59 Å². The minimum absolute atomic E-state index is 0.00166. The Bertz CT molecular complexity index is 1140. The summed E-state index contributed by atoms with van der Waals surface area (Å²) in [6, 6.07) is 13.2. The number of hydrogen-bond donors (Lipinski definition) is 1. The van der Waals surface area contributed by atoms with Gasteiger partial charge in [0, 0.05) is 49.5 Å². The number of rotatable bonds is 8. The van der Waals surface area contributed by atoms with Crippen LogP contribution in [0.15, 0.2) is 53.4 Å². The molecule has 0 radical (unpaired) electrons. The number of hydrogen-bond acceptors (Lipinski definition) is 6. The van der Waals surface area contributed by atoms with E-state index in [1.807, 2.05) is 43.3 Å². The summed E-state index contributed by atoms with van der Waals surface area (Å²) in [6.07, 6.45) is 0. The number of halogens is 1. The summed E-state index contributed by atoms with van der Waals surface area (Å²) in [5, 5.41) is 2.87. The van der Waals surface area contributed by atoms with E-state index in [1.54, 1.807) is 48.2 Å². The molecular formula is C24H32IN5O4S. The molecule has 0 saturated carbocycles. The van der Waals surface area contributed by atoms with Gasteiger partial charge in [-0.2, -0.15) is 4.31 Å². The van der Waals surface area contributed by atoms with E-state index < -0.39 is 22.0 Å². The number of carbonyl (C=O) groups is 2. The first-order valence-electron chi connectivity index (χ1n) is 11.2. The van der Waals surface area contributed by atoms with E-state index in [9.17, 15) is 18.0 Å². The normalized spacial score (nSPS) is 16.9. The summed E-state index contributed by atoms with van der Waals surface area (Å²) in [5.41, 5.74) is 1.93. The van der Waals surface area contributed by atoms with E-state index in [0.717, 1.165) is 14.8 Å². The van der Waals surface area contributed by atoms with Gasteiger partial charge in [-0.1, -0.05) is 12.1 Å². The number of likely N-dealkylation sites (N-methyl/N-ethyl adjacent to an activating group) is 1. The van der Waals surface area contributed by atoms with Crippen LogP contribution >= 0.6 is 22.6 Å². The van der Waals surface area contributed by atoms with Crippen molar-refractivity contribution in [2.24, 2.45) is 0 Å². The largest absolute Gasteiger partial charge is 0.378 e. The Hall–Kier alpha value is -2.22. The maximum Gasteiger partial charge on any atom is 0.243 e. The summed E-state index contributed by atoms with van der Waals surface area (Å²) in [7, 11) is 3.56. The SMILES string of the molecule is CN(C)CC(=O)N1CCN(S(=O)(=O)c2ccc(I)cc2)C(C(=O)NCc2ccc(N(C)C)cc2)C1. The van der Waals surface area contributed by atoms with Gasteiger partial charge in [-0.25, -0.2) is 8.42 Å². The van der Waals surface area contributed by atoms with Crippen molar-refractivity contribution in [2.45, 2.75) is 17.5 Å². The quantitative estimate of drug-likeness (QED) is 0.454. The molecule has 190 valence electrons. The van der Waals surface area contributed by atoms with Gasteiger partial charge >= 0.3 is 0 Å². The van der Waals surface area contributed by atoms with Crippen LogP contribution in [-0.4, -0.2) is 94.7 Å². The molecule has 0 spiro atoms. The molecule has 1 fully saturated rings. The maximum absolute atomic E-state index is 13.5. The first-order valence-corrected chi connectivity index (χ1v) is 13.7. The third-order valence-corrected chi connectivity index (χ3v) is 8.42. The van der Waals surface area contributed by atoms with Crippen molar-refractivity contribution < 1.29 is 18.0 Å². The van der Waals surface area contributed by atoms with E-state index in [2.05, 4.69) is 27.9 Å². The number of anilines is 1. The van der Waals surface area contributed by atoms with Crippen molar-refractivity contribution in [1.29, 1.82) is 0 Å². The van der Waals surface area contributed by atoms with Gasteiger partial charge in [0.1, 0.15) is 6.04 Å². The number of piperazine rings is 1. The Kier molecular flexibility index (Phi) is 9.13. The van der Waals surface area contributed by atoms with Crippen LogP contribution in [0.5, 0.6) is 0 Å². The van der Waals surface area contributed by atoms with Crippen molar-refractivity contribution in [1.82, 2.24) is 19.4 Å². The first kappa shape index (κ1) is 27.4. The summed E-state index contributed by atoms with van der Waals surface area (Å²) in [6.45, 7) is 0.722. The molecule has 1 aliphatic rings. The third kappa shape index (κ3) is 6.93. The van der Waals surface area contributed by atoms with Crippen molar-refractivity contribution in [3.05, 3.63) is 57.7 Å². The van der Waals surface area contributed by atoms with Crippen molar-refractivity contribution >= 4 is 50.1 Å². The van der Waals surface area contributed by atoms with Crippen LogP contribution in [0.1, 0.15) is 5.56 Å². The highest BCUT2D eigenvalue weighted by Crippen LogP contribution is 2.23. The molecule has 2 amide bonds. The standard InChI is InChI=1S/C24H32IN5O4S/c1-27(2)17-23(31)29-13-14-30(35(33,34)21-11-7-19(25)8-12-21)22(16-29)24(32)26-15-18-5-9-20(10-6-18)28(3)4/h5-12,22H,13-17H2,1-4H3,(H,26,32). The third-order valence-electron chi connectivity index (χ3n) is 5.78. The molecule has 35 heavy (non-hydrogen) atoms. The van der Waals surface area contributed by atoms with Gasteiger partial charge in [0.15, 0.2) is 0 Å². The molecule has 2 aromatic carbocycles. The van der Waals surface area contributed by atoms with Crippen LogP contribution in [0.3, 0.4) is 0 Å². The van der Waals surface area contributed by atoms with Gasteiger partial charge in [-0.15, -0.1) is 0 Å². The van der Waals surface area contributed by atoms with Crippen LogP contribution in [0, 0.1) is 3.57 Å². The number of sulfonamides is 1. The Morgan fingerprint density at radius 1 is 1.00 bits per heavy atom. The highest BCUT2D eigenvalue weighted by molar-refractivity contribution is 14.1. The van der Waals surface area contributed by atoms with E-state index in [1.165, 1.54) is 4.31 Å². The second kappa shape index (κ2) is 11.7. The molecule has 1 saturated heterocycles. The topological polar surface area (TPSA) is 93.3 Å². The predicted molar refractivity (Wildman–Crippen MR) is 145 cm³/mol. The molecule has 11 heteroatoms. The van der Waals surface area contributed by atoms with Crippen LogP contribution in [0.4, 0.5) is 5.69 Å². The van der Waals surface area contributed by atoms with Crippen molar-refractivity contribution in [3.63, 3.8) is 0 Å². The molecule has 2 aromatic rings. The van der Waals surface area contributed by atoms with Crippen LogP contribution in [-0.2, 0) is 26.2 Å². The van der Waals surface area contributed by atoms with Gasteiger partial charge in [0.2, 0.25) is 21.8 Å². The molecule has 0 aromatic heterocycles. The lowest BCUT2D eigenvalue weighted by molar-refractivity contribution is -0.136. The monoisotopic (exact) mass is 613 g/mol. The smallest absolute Gasteiger partial charge is 0.243 e. The first-order chi connectivity index (χ1) is 16.5. The minimum Gasteiger partial charge on any atom is -0.378 e. The number of nitrogens with zero attached hydrogens (tertiary/aromatic N) is 4. The Labute approximate surface area is 221 Å². The lowest BCUT2D eigenvalue weighted by Crippen LogP contribution is -2.62. The summed E-state index contributed by atoms with van der Waals surface area (Å²) >= 11 is 2.11. The van der Waals surface area contributed by atoms with Crippen LogP contribution < -0.4 is 10.2 Å². The summed E-state index contributed by atoms with van der Waals surface area (Å²) < 4.78 is 29.1. The molecule has 1 heterocycles. The fourth-order valence-electron chi connectivity index (χ4n) is 3.83. The average Bonchev–Trinajstić information content (AvgIpc) is 2.82. The minimum atomic E-state index is -3.93. The number of carbonyl (C=O) groups excluding carboxylic acids is 2. The van der Waals surface area contributed by atoms with Crippen molar-refractivity contribution in [2.75, 3.05) is 59.3 Å².